The molecule has 8 rings (SSSR count). The molecule has 3 heteroatoms. The maximum Gasteiger partial charge on any atom is -0.0533 e. The van der Waals surface area contributed by atoms with E-state index < -0.39 is 0 Å². The van der Waals surface area contributed by atoms with Crippen molar-refractivity contribution in [3.63, 3.8) is 0 Å². The molecule has 0 heterocycles. The van der Waals surface area contributed by atoms with Crippen LogP contribution in [0.5, 0.6) is 0 Å². The fraction of sp³-hybridized carbons (Fsp3) is 0.345. The maximum absolute atomic E-state index is 3.88. The van der Waals surface area contributed by atoms with E-state index in [1.807, 2.05) is 0 Å². The number of halogens is 2. The van der Waals surface area contributed by atoms with Gasteiger partial charge in [0.05, 0.1) is 0 Å². The summed E-state index contributed by atoms with van der Waals surface area (Å²) in [5.41, 5.74) is 18.4. The zero-order chi connectivity index (χ0) is 40.1. The molecule has 0 spiro atoms. The average Bonchev–Trinajstić information content (AvgIpc) is 3.81. The molecule has 58 heavy (non-hydrogen) atoms. The van der Waals surface area contributed by atoms with Gasteiger partial charge in [-0.1, -0.05) is 182 Å². The van der Waals surface area contributed by atoms with Gasteiger partial charge >= 0.3 is 76.7 Å². The van der Waals surface area contributed by atoms with Gasteiger partial charge < -0.3 is 24.8 Å². The van der Waals surface area contributed by atoms with Crippen LogP contribution in [-0.2, 0) is 46.9 Å². The van der Waals surface area contributed by atoms with Gasteiger partial charge in [-0.2, -0.15) is 23.3 Å². The Bertz CT molecular complexity index is 2120. The van der Waals surface area contributed by atoms with Crippen molar-refractivity contribution in [1.82, 2.24) is 0 Å². The molecule has 0 atom stereocenters. The molecule has 1 saturated carbocycles. The molecule has 0 radical (unpaired) electrons. The van der Waals surface area contributed by atoms with Crippen LogP contribution in [0.3, 0.4) is 0 Å². The second-order valence-corrected chi connectivity index (χ2v) is 19.9. The van der Waals surface area contributed by atoms with Gasteiger partial charge in [0.25, 0.3) is 0 Å². The van der Waals surface area contributed by atoms with E-state index in [2.05, 4.69) is 196 Å². The van der Waals surface area contributed by atoms with Crippen molar-refractivity contribution in [2.45, 2.75) is 124 Å². The summed E-state index contributed by atoms with van der Waals surface area (Å²) < 4.78 is 1.55. The van der Waals surface area contributed by atoms with E-state index in [9.17, 15) is 0 Å². The molecule has 6 aromatic carbocycles. The summed E-state index contributed by atoms with van der Waals surface area (Å²) in [6, 6.07) is 50.4. The predicted octanol–water partition coefficient (Wildman–Crippen LogP) is 9.09. The van der Waals surface area contributed by atoms with Crippen LogP contribution >= 0.6 is 0 Å². The second kappa shape index (κ2) is 20.4. The van der Waals surface area contributed by atoms with Crippen molar-refractivity contribution >= 4 is 3.21 Å². The molecule has 2 aliphatic carbocycles. The Hall–Kier alpha value is -3.22. The van der Waals surface area contributed by atoms with Crippen LogP contribution in [0.2, 0.25) is 0 Å². The van der Waals surface area contributed by atoms with Gasteiger partial charge in [0.2, 0.25) is 0 Å². The Labute approximate surface area is 378 Å². The molecule has 0 unspecified atom stereocenters. The van der Waals surface area contributed by atoms with Crippen molar-refractivity contribution in [2.75, 3.05) is 0 Å². The van der Waals surface area contributed by atoms with Crippen molar-refractivity contribution in [3.8, 4) is 33.4 Å². The summed E-state index contributed by atoms with van der Waals surface area (Å²) in [7, 11) is 0. The molecular formula is C55H62Cl2Zr-2. The van der Waals surface area contributed by atoms with E-state index in [1.165, 1.54) is 130 Å². The summed E-state index contributed by atoms with van der Waals surface area (Å²) in [6.45, 7) is 20.7. The predicted molar refractivity (Wildman–Crippen MR) is 240 cm³/mol. The molecule has 302 valence electrons. The van der Waals surface area contributed by atoms with Gasteiger partial charge in [-0.3, -0.25) is 0 Å². The molecule has 0 nitrogen and oxygen atoms in total. The van der Waals surface area contributed by atoms with E-state index in [4.69, 9.17) is 0 Å². The third-order valence-electron chi connectivity index (χ3n) is 11.9. The summed E-state index contributed by atoms with van der Waals surface area (Å²) in [5.74, 6) is 0. The Balaban J connectivity index is 0.000000244. The van der Waals surface area contributed by atoms with Crippen molar-refractivity contribution in [3.05, 3.63) is 172 Å². The van der Waals surface area contributed by atoms with Gasteiger partial charge in [-0.25, -0.2) is 6.07 Å². The van der Waals surface area contributed by atoms with Crippen LogP contribution in [0, 0.1) is 13.0 Å². The molecular weight excluding hydrogens is 823 g/mol. The fourth-order valence-electron chi connectivity index (χ4n) is 8.50. The quantitative estimate of drug-likeness (QED) is 0.152. The molecule has 0 aliphatic heterocycles. The van der Waals surface area contributed by atoms with Crippen LogP contribution in [-0.4, -0.2) is 3.21 Å². The second-order valence-electron chi connectivity index (χ2n) is 18.4. The van der Waals surface area contributed by atoms with E-state index in [1.54, 1.807) is 8.77 Å². The van der Waals surface area contributed by atoms with Gasteiger partial charge in [0, 0.05) is 0 Å². The van der Waals surface area contributed by atoms with Crippen molar-refractivity contribution in [1.29, 1.82) is 0 Å². The standard InChI is InChI=1S/C33H33.C13H19.C9H10.2ClH.Zr/c1-32(2,3)30-20-26-24(18-28(30)22-13-9-7-10-14-22)17-25-19-29(23-15-11-8-12-16-23)31(21-27(25)26)33(4,5)6;1-11-6-7-12(10-11)13(2)8-4-3-5-9-13;1-2-6-9-7-4-3-5-8-9;;;/h7-16,18,20-21H,17H2,1-6H3;6-7,10H,3-5,8-9H2,1-2H3;3-5,7-8H,2H2,1H3;2*1H;/q2*-1;;;;+2/p-2. The monoisotopic (exact) mass is 882 g/mol. The Morgan fingerprint density at radius 1 is 0.672 bits per heavy atom. The van der Waals surface area contributed by atoms with E-state index >= 15 is 0 Å². The van der Waals surface area contributed by atoms with Crippen molar-refractivity contribution in [2.24, 2.45) is 0 Å². The van der Waals surface area contributed by atoms with Gasteiger partial charge in [-0.05, 0) is 39.5 Å². The van der Waals surface area contributed by atoms with Crippen LogP contribution in [0.15, 0.2) is 127 Å². The molecule has 0 amide bonds. The summed E-state index contributed by atoms with van der Waals surface area (Å²) in [4.78, 5) is 0. The summed E-state index contributed by atoms with van der Waals surface area (Å²) in [5, 5.41) is 0. The van der Waals surface area contributed by atoms with E-state index in [-0.39, 0.29) is 35.6 Å². The first-order valence-corrected chi connectivity index (χ1v) is 22.2. The summed E-state index contributed by atoms with van der Waals surface area (Å²) in [6.07, 6.45) is 9.17. The first-order chi connectivity index (χ1) is 26.7. The molecule has 2 aliphatic rings. The minimum atomic E-state index is 0. The maximum atomic E-state index is 3.88. The number of benzene rings is 5. The van der Waals surface area contributed by atoms with Crippen LogP contribution in [0.4, 0.5) is 0 Å². The first-order valence-electron chi connectivity index (χ1n) is 20.9. The first kappa shape index (κ1) is 47.5. The molecule has 0 N–H and O–H groups in total. The Morgan fingerprint density at radius 2 is 1.21 bits per heavy atom. The number of fused-ring (bicyclic) bond motifs is 3. The molecule has 6 aromatic rings. The van der Waals surface area contributed by atoms with Crippen LogP contribution in [0.25, 0.3) is 33.4 Å². The molecule has 0 bridgehead atoms. The zero-order valence-electron chi connectivity index (χ0n) is 36.3. The third-order valence-corrected chi connectivity index (χ3v) is 13.4. The zero-order valence-corrected chi connectivity index (χ0v) is 40.3. The van der Waals surface area contributed by atoms with Gasteiger partial charge in [-0.15, -0.1) is 28.8 Å². The van der Waals surface area contributed by atoms with Crippen LogP contribution < -0.4 is 24.8 Å². The number of hydrogen-bond acceptors (Lipinski definition) is 0. The molecule has 1 fully saturated rings. The minimum absolute atomic E-state index is 0. The normalized spacial score (nSPS) is 13.9. The van der Waals surface area contributed by atoms with E-state index in [0.29, 0.717) is 5.41 Å². The third kappa shape index (κ3) is 11.3. The molecule has 0 aromatic heterocycles. The molecule has 0 saturated heterocycles. The largest absolute Gasteiger partial charge is 1.00 e. The van der Waals surface area contributed by atoms with Crippen LogP contribution in [0.1, 0.15) is 133 Å². The summed E-state index contributed by atoms with van der Waals surface area (Å²) >= 11 is 1.54. The van der Waals surface area contributed by atoms with Gasteiger partial charge in [0.15, 0.2) is 0 Å². The SMILES string of the molecule is CC(C)(C)c1cc2c([c-]c1-c1ccccc1)Cc1cc(-c3ccccc3)c(C(C)(C)C)cc1-2.CC[C](=[Zr+2])c1ccccc1.Cc1cc(C2(C)CCCCC2)c[cH-]1.[Cl-].[Cl-]. The van der Waals surface area contributed by atoms with E-state index in [0.717, 1.165) is 6.42 Å². The topological polar surface area (TPSA) is 0 Å². The fourth-order valence-corrected chi connectivity index (χ4v) is 8.91. The smallest absolute Gasteiger partial charge is 0.0533 e. The number of aryl methyl sites for hydroxylation is 1. The number of rotatable bonds is 5. The van der Waals surface area contributed by atoms with Crippen molar-refractivity contribution < 1.29 is 49.0 Å². The van der Waals surface area contributed by atoms with Gasteiger partial charge in [0.1, 0.15) is 0 Å². The minimum Gasteiger partial charge on any atom is -1.00 e. The average molecular weight is 885 g/mol. The Kier molecular flexibility index (Phi) is 16.7. The number of hydrogen-bond donors (Lipinski definition) is 0. The Morgan fingerprint density at radius 3 is 1.72 bits per heavy atom.